The Kier molecular flexibility index (Phi) is 6.08. The summed E-state index contributed by atoms with van der Waals surface area (Å²) < 4.78 is 0. The van der Waals surface area contributed by atoms with Gasteiger partial charge in [-0.2, -0.15) is 0 Å². The van der Waals surface area contributed by atoms with E-state index in [0.29, 0.717) is 23.7 Å². The first kappa shape index (κ1) is 20.7. The van der Waals surface area contributed by atoms with Crippen molar-refractivity contribution in [1.29, 1.82) is 0 Å². The monoisotopic (exact) mass is 409 g/mol. The number of nitrogens with one attached hydrogen (secondary N) is 1. The van der Waals surface area contributed by atoms with Crippen LogP contribution < -0.4 is 5.32 Å². The van der Waals surface area contributed by atoms with Gasteiger partial charge in [-0.05, 0) is 35.1 Å². The van der Waals surface area contributed by atoms with Crippen molar-refractivity contribution < 1.29 is 9.72 Å². The Balaban J connectivity index is 1.55. The maximum atomic E-state index is 12.3. The SMILES string of the molecule is CC(C)(C)c1ccc(CCC(=O)Nc2nc(-c3ccc([N+](=O)[O-])cc3)cs2)cc1. The van der Waals surface area contributed by atoms with Crippen LogP contribution in [0.3, 0.4) is 0 Å². The third kappa shape index (κ3) is 5.48. The Morgan fingerprint density at radius 3 is 2.34 bits per heavy atom. The van der Waals surface area contributed by atoms with Crippen LogP contribution in [-0.2, 0) is 16.6 Å². The highest BCUT2D eigenvalue weighted by molar-refractivity contribution is 7.14. The molecule has 0 spiro atoms. The molecular weight excluding hydrogens is 386 g/mol. The molecule has 1 N–H and O–H groups in total. The zero-order valence-corrected chi connectivity index (χ0v) is 17.5. The van der Waals surface area contributed by atoms with Gasteiger partial charge in [0.05, 0.1) is 10.6 Å². The topological polar surface area (TPSA) is 85.1 Å². The van der Waals surface area contributed by atoms with Gasteiger partial charge in [0.2, 0.25) is 5.91 Å². The lowest BCUT2D eigenvalue weighted by molar-refractivity contribution is -0.384. The number of aryl methyl sites for hydroxylation is 1. The number of hydrogen-bond acceptors (Lipinski definition) is 5. The molecule has 0 aliphatic rings. The lowest BCUT2D eigenvalue weighted by Crippen LogP contribution is -2.13. The molecule has 0 saturated heterocycles. The molecule has 0 aliphatic carbocycles. The number of anilines is 1. The zero-order chi connectivity index (χ0) is 21.0. The molecule has 0 fully saturated rings. The first-order valence-corrected chi connectivity index (χ1v) is 10.2. The molecule has 3 aromatic rings. The second kappa shape index (κ2) is 8.53. The smallest absolute Gasteiger partial charge is 0.269 e. The molecule has 0 atom stereocenters. The van der Waals surface area contributed by atoms with Gasteiger partial charge in [-0.1, -0.05) is 45.0 Å². The third-order valence-corrected chi connectivity index (χ3v) is 5.34. The quantitative estimate of drug-likeness (QED) is 0.425. The first-order valence-electron chi connectivity index (χ1n) is 9.32. The van der Waals surface area contributed by atoms with Gasteiger partial charge in [-0.25, -0.2) is 4.98 Å². The van der Waals surface area contributed by atoms with Crippen molar-refractivity contribution in [2.24, 2.45) is 0 Å². The third-order valence-electron chi connectivity index (χ3n) is 4.59. The number of thiazole rings is 1. The molecule has 3 rings (SSSR count). The number of nitrogens with zero attached hydrogens (tertiary/aromatic N) is 2. The van der Waals surface area contributed by atoms with Gasteiger partial charge in [0.15, 0.2) is 5.13 Å². The zero-order valence-electron chi connectivity index (χ0n) is 16.6. The molecular formula is C22H23N3O3S. The van der Waals surface area contributed by atoms with E-state index in [9.17, 15) is 14.9 Å². The van der Waals surface area contributed by atoms with E-state index < -0.39 is 4.92 Å². The standard InChI is InChI=1S/C22H23N3O3S/c1-22(2,3)17-9-4-15(5-10-17)6-13-20(26)24-21-23-19(14-29-21)16-7-11-18(12-8-16)25(27)28/h4-5,7-12,14H,6,13H2,1-3H3,(H,23,24,26). The summed E-state index contributed by atoms with van der Waals surface area (Å²) >= 11 is 1.33. The van der Waals surface area contributed by atoms with Gasteiger partial charge in [-0.3, -0.25) is 14.9 Å². The average molecular weight is 410 g/mol. The fraction of sp³-hybridized carbons (Fsp3) is 0.273. The molecule has 0 saturated carbocycles. The van der Waals surface area contributed by atoms with E-state index >= 15 is 0 Å². The fourth-order valence-electron chi connectivity index (χ4n) is 2.83. The number of rotatable bonds is 6. The van der Waals surface area contributed by atoms with E-state index in [2.05, 4.69) is 55.3 Å². The normalized spacial score (nSPS) is 11.3. The van der Waals surface area contributed by atoms with Crippen molar-refractivity contribution in [3.63, 3.8) is 0 Å². The van der Waals surface area contributed by atoms with Crippen LogP contribution in [0.15, 0.2) is 53.9 Å². The molecule has 0 radical (unpaired) electrons. The van der Waals surface area contributed by atoms with E-state index in [1.165, 1.54) is 29.0 Å². The average Bonchev–Trinajstić information content (AvgIpc) is 3.14. The molecule has 2 aromatic carbocycles. The minimum atomic E-state index is -0.437. The Morgan fingerprint density at radius 2 is 1.76 bits per heavy atom. The highest BCUT2D eigenvalue weighted by Crippen LogP contribution is 2.27. The van der Waals surface area contributed by atoms with E-state index in [4.69, 9.17) is 0 Å². The molecule has 0 unspecified atom stereocenters. The van der Waals surface area contributed by atoms with Crippen LogP contribution in [-0.4, -0.2) is 15.8 Å². The van der Waals surface area contributed by atoms with E-state index in [1.54, 1.807) is 12.1 Å². The number of carbonyl (C=O) groups is 1. The van der Waals surface area contributed by atoms with Crippen molar-refractivity contribution in [2.75, 3.05) is 5.32 Å². The number of aromatic nitrogens is 1. The van der Waals surface area contributed by atoms with Crippen LogP contribution in [0.25, 0.3) is 11.3 Å². The van der Waals surface area contributed by atoms with Crippen LogP contribution in [0, 0.1) is 10.1 Å². The van der Waals surface area contributed by atoms with Crippen molar-refractivity contribution in [3.05, 3.63) is 75.2 Å². The number of benzene rings is 2. The van der Waals surface area contributed by atoms with E-state index in [1.807, 2.05) is 5.38 Å². The predicted octanol–water partition coefficient (Wildman–Crippen LogP) is 5.59. The predicted molar refractivity (Wildman–Crippen MR) is 116 cm³/mol. The van der Waals surface area contributed by atoms with Crippen LogP contribution >= 0.6 is 11.3 Å². The summed E-state index contributed by atoms with van der Waals surface area (Å²) in [6.45, 7) is 6.53. The lowest BCUT2D eigenvalue weighted by atomic mass is 9.86. The second-order valence-corrected chi connectivity index (χ2v) is 8.70. The largest absolute Gasteiger partial charge is 0.302 e. The van der Waals surface area contributed by atoms with Gasteiger partial charge >= 0.3 is 0 Å². The minimum Gasteiger partial charge on any atom is -0.302 e. The highest BCUT2D eigenvalue weighted by atomic mass is 32.1. The van der Waals surface area contributed by atoms with Gasteiger partial charge in [-0.15, -0.1) is 11.3 Å². The number of carbonyl (C=O) groups excluding carboxylic acids is 1. The maximum Gasteiger partial charge on any atom is 0.269 e. The van der Waals surface area contributed by atoms with Crippen LogP contribution in [0.5, 0.6) is 0 Å². The minimum absolute atomic E-state index is 0.0352. The number of nitro groups is 1. The van der Waals surface area contributed by atoms with Crippen molar-refractivity contribution in [2.45, 2.75) is 39.0 Å². The molecule has 1 amide bonds. The van der Waals surface area contributed by atoms with Gasteiger partial charge in [0.1, 0.15) is 0 Å². The molecule has 29 heavy (non-hydrogen) atoms. The number of hydrogen-bond donors (Lipinski definition) is 1. The Bertz CT molecular complexity index is 1000. The van der Waals surface area contributed by atoms with Crippen molar-refractivity contribution in [3.8, 4) is 11.3 Å². The molecule has 7 heteroatoms. The lowest BCUT2D eigenvalue weighted by Gasteiger charge is -2.19. The van der Waals surface area contributed by atoms with Crippen LogP contribution in [0.2, 0.25) is 0 Å². The first-order chi connectivity index (χ1) is 13.7. The molecule has 6 nitrogen and oxygen atoms in total. The van der Waals surface area contributed by atoms with Gasteiger partial charge < -0.3 is 5.32 Å². The van der Waals surface area contributed by atoms with E-state index in [0.717, 1.165) is 11.1 Å². The maximum absolute atomic E-state index is 12.3. The summed E-state index contributed by atoms with van der Waals surface area (Å²) in [4.78, 5) is 27.0. The summed E-state index contributed by atoms with van der Waals surface area (Å²) in [5.74, 6) is -0.0884. The summed E-state index contributed by atoms with van der Waals surface area (Å²) in [5, 5.41) is 15.9. The number of amides is 1. The summed E-state index contributed by atoms with van der Waals surface area (Å²) in [7, 11) is 0. The van der Waals surface area contributed by atoms with Gasteiger partial charge in [0.25, 0.3) is 5.69 Å². The Labute approximate surface area is 173 Å². The summed E-state index contributed by atoms with van der Waals surface area (Å²) in [6.07, 6.45) is 1.04. The Hall–Kier alpha value is -3.06. The fourth-order valence-corrected chi connectivity index (χ4v) is 3.56. The summed E-state index contributed by atoms with van der Waals surface area (Å²) in [6, 6.07) is 14.6. The number of non-ortho nitro benzene ring substituents is 1. The van der Waals surface area contributed by atoms with Crippen molar-refractivity contribution >= 4 is 28.1 Å². The molecule has 1 aromatic heterocycles. The Morgan fingerprint density at radius 1 is 1.10 bits per heavy atom. The van der Waals surface area contributed by atoms with Gasteiger partial charge in [0, 0.05) is 29.5 Å². The molecule has 0 aliphatic heterocycles. The van der Waals surface area contributed by atoms with Crippen LogP contribution in [0.4, 0.5) is 10.8 Å². The van der Waals surface area contributed by atoms with Crippen molar-refractivity contribution in [1.82, 2.24) is 4.98 Å². The molecule has 0 bridgehead atoms. The summed E-state index contributed by atoms with van der Waals surface area (Å²) in [5.41, 5.74) is 3.99. The molecule has 1 heterocycles. The molecule has 150 valence electrons. The highest BCUT2D eigenvalue weighted by Gasteiger charge is 2.13. The number of nitro benzene ring substituents is 1. The van der Waals surface area contributed by atoms with Crippen LogP contribution in [0.1, 0.15) is 38.3 Å². The van der Waals surface area contributed by atoms with E-state index in [-0.39, 0.29) is 17.0 Å². The second-order valence-electron chi connectivity index (χ2n) is 7.84.